The molecule has 21 heavy (non-hydrogen) atoms. The summed E-state index contributed by atoms with van der Waals surface area (Å²) in [7, 11) is 0. The van der Waals surface area contributed by atoms with Gasteiger partial charge in [-0.3, -0.25) is 14.6 Å². The number of halogens is 3. The highest BCUT2D eigenvalue weighted by molar-refractivity contribution is 5.93. The van der Waals surface area contributed by atoms with Crippen molar-refractivity contribution < 1.29 is 27.9 Å². The minimum Gasteiger partial charge on any atom is -0.481 e. The maximum Gasteiger partial charge on any atom is 0.417 e. The number of hydrogen-bond donors (Lipinski definition) is 1. The lowest BCUT2D eigenvalue weighted by Crippen LogP contribution is -2.38. The average molecular weight is 302 g/mol. The first-order valence-electron chi connectivity index (χ1n) is 6.29. The van der Waals surface area contributed by atoms with Crippen molar-refractivity contribution in [3.63, 3.8) is 0 Å². The Balaban J connectivity index is 2.16. The van der Waals surface area contributed by atoms with Crippen molar-refractivity contribution in [3.05, 3.63) is 29.6 Å². The highest BCUT2D eigenvalue weighted by Crippen LogP contribution is 2.29. The molecule has 1 aliphatic heterocycles. The first-order chi connectivity index (χ1) is 9.71. The number of aliphatic carboxylic acids is 1. The molecule has 1 aromatic heterocycles. The molecular formula is C13H13F3N2O3. The van der Waals surface area contributed by atoms with Crippen LogP contribution in [0.25, 0.3) is 0 Å². The first-order valence-corrected chi connectivity index (χ1v) is 6.29. The van der Waals surface area contributed by atoms with Crippen molar-refractivity contribution >= 4 is 11.9 Å². The van der Waals surface area contributed by atoms with Crippen LogP contribution in [0.2, 0.25) is 0 Å². The maximum atomic E-state index is 12.4. The second-order valence-corrected chi connectivity index (χ2v) is 4.90. The summed E-state index contributed by atoms with van der Waals surface area (Å²) in [5, 5.41) is 9.00. The van der Waals surface area contributed by atoms with E-state index in [1.54, 1.807) is 6.92 Å². The molecule has 0 aromatic carbocycles. The molecule has 114 valence electrons. The second-order valence-electron chi connectivity index (χ2n) is 4.90. The lowest BCUT2D eigenvalue weighted by Gasteiger charge is -2.23. The number of carbonyl (C=O) groups excluding carboxylic acids is 1. The molecule has 1 aliphatic rings. The Morgan fingerprint density at radius 2 is 2.05 bits per heavy atom. The van der Waals surface area contributed by atoms with Crippen LogP contribution in [0, 0.1) is 5.92 Å². The molecular weight excluding hydrogens is 289 g/mol. The minimum absolute atomic E-state index is 0.124. The Bertz CT molecular complexity index is 557. The lowest BCUT2D eigenvalue weighted by molar-refractivity contribution is -0.142. The van der Waals surface area contributed by atoms with E-state index in [1.165, 1.54) is 4.90 Å². The van der Waals surface area contributed by atoms with Crippen LogP contribution in [0.5, 0.6) is 0 Å². The van der Waals surface area contributed by atoms with Crippen LogP contribution in [0.15, 0.2) is 18.3 Å². The van der Waals surface area contributed by atoms with Gasteiger partial charge in [-0.25, -0.2) is 0 Å². The van der Waals surface area contributed by atoms with Crippen LogP contribution in [-0.4, -0.2) is 39.5 Å². The van der Waals surface area contributed by atoms with Crippen LogP contribution < -0.4 is 0 Å². The number of carboxylic acids is 1. The van der Waals surface area contributed by atoms with Crippen LogP contribution in [-0.2, 0) is 11.0 Å². The zero-order valence-corrected chi connectivity index (χ0v) is 11.1. The van der Waals surface area contributed by atoms with E-state index >= 15 is 0 Å². The molecule has 8 heteroatoms. The summed E-state index contributed by atoms with van der Waals surface area (Å²) in [6, 6.07) is 1.28. The first kappa shape index (κ1) is 15.3. The van der Waals surface area contributed by atoms with Crippen molar-refractivity contribution in [2.24, 2.45) is 5.92 Å². The van der Waals surface area contributed by atoms with Gasteiger partial charge in [0.25, 0.3) is 5.91 Å². The van der Waals surface area contributed by atoms with Gasteiger partial charge < -0.3 is 10.0 Å². The summed E-state index contributed by atoms with van der Waals surface area (Å²) in [6.07, 6.45) is -3.59. The molecule has 1 aromatic rings. The third-order valence-electron chi connectivity index (χ3n) is 3.64. The Kier molecular flexibility index (Phi) is 3.89. The van der Waals surface area contributed by atoms with E-state index in [1.807, 2.05) is 0 Å². The largest absolute Gasteiger partial charge is 0.481 e. The number of nitrogens with zero attached hydrogens (tertiary/aromatic N) is 2. The third-order valence-corrected chi connectivity index (χ3v) is 3.64. The van der Waals surface area contributed by atoms with Gasteiger partial charge in [0.1, 0.15) is 5.69 Å². The van der Waals surface area contributed by atoms with Crippen molar-refractivity contribution in [2.45, 2.75) is 25.6 Å². The molecule has 2 atom stereocenters. The molecule has 2 heterocycles. The third kappa shape index (κ3) is 2.98. The van der Waals surface area contributed by atoms with Gasteiger partial charge in [-0.1, -0.05) is 0 Å². The number of hydrogen-bond acceptors (Lipinski definition) is 3. The van der Waals surface area contributed by atoms with E-state index in [9.17, 15) is 22.8 Å². The quantitative estimate of drug-likeness (QED) is 0.907. The van der Waals surface area contributed by atoms with Gasteiger partial charge in [-0.2, -0.15) is 13.2 Å². The fourth-order valence-corrected chi connectivity index (χ4v) is 2.39. The highest BCUT2D eigenvalue weighted by atomic mass is 19.4. The number of carboxylic acid groups (broad SMARTS) is 1. The number of rotatable bonds is 2. The molecule has 0 radical (unpaired) electrons. The van der Waals surface area contributed by atoms with Gasteiger partial charge in [0, 0.05) is 18.8 Å². The molecule has 1 saturated heterocycles. The molecule has 1 N–H and O–H groups in total. The van der Waals surface area contributed by atoms with Crippen molar-refractivity contribution in [2.75, 3.05) is 6.54 Å². The molecule has 1 fully saturated rings. The topological polar surface area (TPSA) is 70.5 Å². The zero-order chi connectivity index (χ0) is 15.8. The molecule has 0 bridgehead atoms. The predicted octanol–water partition coefficient (Wildman–Crippen LogP) is 2.04. The number of carbonyl (C=O) groups is 2. The summed E-state index contributed by atoms with van der Waals surface area (Å²) < 4.78 is 37.3. The Morgan fingerprint density at radius 3 is 2.48 bits per heavy atom. The normalized spacial score (nSPS) is 22.4. The highest BCUT2D eigenvalue weighted by Gasteiger charge is 2.39. The number of aromatic nitrogens is 1. The Hall–Kier alpha value is -2.12. The molecule has 0 spiro atoms. The molecule has 5 nitrogen and oxygen atoms in total. The molecule has 2 rings (SSSR count). The van der Waals surface area contributed by atoms with E-state index in [0.717, 1.165) is 12.1 Å². The van der Waals surface area contributed by atoms with Gasteiger partial charge in [0.2, 0.25) is 0 Å². The smallest absolute Gasteiger partial charge is 0.417 e. The van der Waals surface area contributed by atoms with Gasteiger partial charge in [0.15, 0.2) is 0 Å². The summed E-state index contributed by atoms with van der Waals surface area (Å²) in [6.45, 7) is 1.85. The van der Waals surface area contributed by atoms with Crippen molar-refractivity contribution in [1.29, 1.82) is 0 Å². The molecule has 0 saturated carbocycles. The summed E-state index contributed by atoms with van der Waals surface area (Å²) in [5.41, 5.74) is -1.06. The predicted molar refractivity (Wildman–Crippen MR) is 65.5 cm³/mol. The Morgan fingerprint density at radius 1 is 1.38 bits per heavy atom. The van der Waals surface area contributed by atoms with Gasteiger partial charge in [-0.15, -0.1) is 0 Å². The second kappa shape index (κ2) is 5.34. The number of pyridine rings is 1. The van der Waals surface area contributed by atoms with Gasteiger partial charge in [-0.05, 0) is 25.5 Å². The summed E-state index contributed by atoms with van der Waals surface area (Å²) >= 11 is 0. The average Bonchev–Trinajstić information content (AvgIpc) is 2.79. The van der Waals surface area contributed by atoms with E-state index in [4.69, 9.17) is 5.11 Å². The monoisotopic (exact) mass is 302 g/mol. The maximum absolute atomic E-state index is 12.4. The van der Waals surface area contributed by atoms with Crippen molar-refractivity contribution in [3.8, 4) is 0 Å². The number of amides is 1. The Labute approximate surface area is 118 Å². The van der Waals surface area contributed by atoms with Crippen LogP contribution >= 0.6 is 0 Å². The number of alkyl halides is 3. The SMILES string of the molecule is CC1C(C(=O)O)CCN1C(=O)c1ccc(C(F)(F)F)cn1. The fourth-order valence-electron chi connectivity index (χ4n) is 2.39. The number of likely N-dealkylation sites (tertiary alicyclic amines) is 1. The van der Waals surface area contributed by atoms with Gasteiger partial charge >= 0.3 is 12.1 Å². The van der Waals surface area contributed by atoms with E-state index in [0.29, 0.717) is 12.6 Å². The lowest BCUT2D eigenvalue weighted by atomic mass is 10.0. The minimum atomic E-state index is -4.51. The van der Waals surface area contributed by atoms with Crippen LogP contribution in [0.1, 0.15) is 29.4 Å². The standard InChI is InChI=1S/C13H13F3N2O3/c1-7-9(12(20)21)4-5-18(7)11(19)10-3-2-8(6-17-10)13(14,15)16/h2-3,6-7,9H,4-5H2,1H3,(H,20,21). The van der Waals surface area contributed by atoms with Crippen LogP contribution in [0.3, 0.4) is 0 Å². The van der Waals surface area contributed by atoms with E-state index < -0.39 is 35.6 Å². The van der Waals surface area contributed by atoms with Gasteiger partial charge in [0.05, 0.1) is 11.5 Å². The van der Waals surface area contributed by atoms with Crippen LogP contribution in [0.4, 0.5) is 13.2 Å². The van der Waals surface area contributed by atoms with E-state index in [2.05, 4.69) is 4.98 Å². The molecule has 0 aliphatic carbocycles. The molecule has 2 unspecified atom stereocenters. The molecule has 1 amide bonds. The fraction of sp³-hybridized carbons (Fsp3) is 0.462. The van der Waals surface area contributed by atoms with E-state index in [-0.39, 0.29) is 12.2 Å². The zero-order valence-electron chi connectivity index (χ0n) is 11.1. The van der Waals surface area contributed by atoms with Crippen molar-refractivity contribution in [1.82, 2.24) is 9.88 Å². The summed E-state index contributed by atoms with van der Waals surface area (Å²) in [5.74, 6) is -2.21. The summed E-state index contributed by atoms with van der Waals surface area (Å²) in [4.78, 5) is 28.0.